The molecule has 1 fully saturated rings. The van der Waals surface area contributed by atoms with Crippen LogP contribution in [0.15, 0.2) is 0 Å². The molecule has 4 N–H and O–H groups in total. The first-order chi connectivity index (χ1) is 13.8. The second kappa shape index (κ2) is 11.9. The van der Waals surface area contributed by atoms with E-state index < -0.39 is 31.4 Å². The van der Waals surface area contributed by atoms with Gasteiger partial charge in [-0.05, 0) is 6.92 Å². The zero-order valence-electron chi connectivity index (χ0n) is 17.2. The summed E-state index contributed by atoms with van der Waals surface area (Å²) in [5, 5.41) is 13.8. The number of hydrogen-bond donors (Lipinski definition) is 4. The van der Waals surface area contributed by atoms with Gasteiger partial charge in [0.1, 0.15) is 5.78 Å². The van der Waals surface area contributed by atoms with Gasteiger partial charge in [-0.3, -0.25) is 28.2 Å². The van der Waals surface area contributed by atoms with Crippen molar-refractivity contribution in [2.45, 2.75) is 52.2 Å². The van der Waals surface area contributed by atoms with E-state index in [4.69, 9.17) is 14.2 Å². The van der Waals surface area contributed by atoms with Crippen LogP contribution >= 0.6 is 19.6 Å². The average Bonchev–Trinajstić information content (AvgIpc) is 2.60. The van der Waals surface area contributed by atoms with Gasteiger partial charge in [0.15, 0.2) is 11.2 Å². The Kier molecular flexibility index (Phi) is 10.6. The van der Waals surface area contributed by atoms with Crippen LogP contribution in [-0.4, -0.2) is 70.4 Å². The van der Waals surface area contributed by atoms with Crippen molar-refractivity contribution in [2.75, 3.05) is 25.4 Å². The summed E-state index contributed by atoms with van der Waals surface area (Å²) in [5.41, 5.74) is -0.816. The Labute approximate surface area is 179 Å². The Morgan fingerprint density at radius 1 is 1.23 bits per heavy atom. The summed E-state index contributed by atoms with van der Waals surface area (Å²) in [6.45, 7) is 4.85. The molecule has 1 aliphatic rings. The molecule has 0 bridgehead atoms. The standard InChI is InChI=1S/C17H29N2O9PS/c1-11(20)8-12(21)9-14(23)30-7-6-18-13(22)4-5-19-16(24)15-17(2,3)10-27-29(25,26)28-15/h11,15,20H,4-10H2,1-3H3,(H,18,22)(H,19,24)(H,25,26)/t11-,15+/m1/s1. The molecule has 0 spiro atoms. The number of carbonyl (C=O) groups excluding carboxylic acids is 4. The first-order valence-electron chi connectivity index (χ1n) is 9.38. The number of hydrogen-bond acceptors (Lipinski definition) is 9. The van der Waals surface area contributed by atoms with Crippen molar-refractivity contribution in [2.24, 2.45) is 5.41 Å². The fraction of sp³-hybridized carbons (Fsp3) is 0.765. The maximum Gasteiger partial charge on any atom is 0.472 e. The van der Waals surface area contributed by atoms with Crippen LogP contribution in [0.1, 0.15) is 40.0 Å². The predicted octanol–water partition coefficient (Wildman–Crippen LogP) is 0.141. The lowest BCUT2D eigenvalue weighted by atomic mass is 9.87. The van der Waals surface area contributed by atoms with Gasteiger partial charge < -0.3 is 20.6 Å². The van der Waals surface area contributed by atoms with Gasteiger partial charge in [-0.25, -0.2) is 4.57 Å². The zero-order valence-corrected chi connectivity index (χ0v) is 18.9. The molecule has 0 aliphatic carbocycles. The summed E-state index contributed by atoms with van der Waals surface area (Å²) in [6.07, 6.45) is -2.34. The fourth-order valence-electron chi connectivity index (χ4n) is 2.48. The molecule has 13 heteroatoms. The fourth-order valence-corrected chi connectivity index (χ4v) is 4.38. The van der Waals surface area contributed by atoms with Gasteiger partial charge in [-0.15, -0.1) is 0 Å². The van der Waals surface area contributed by atoms with Crippen molar-refractivity contribution in [1.82, 2.24) is 10.6 Å². The van der Waals surface area contributed by atoms with Crippen LogP contribution in [-0.2, 0) is 32.8 Å². The Hall–Kier alpha value is -1.30. The molecule has 2 amide bonds. The third-order valence-corrected chi connectivity index (χ3v) is 5.80. The number of Topliss-reactive ketones (excluding diaryl/α,β-unsaturated/α-hetero) is 1. The lowest BCUT2D eigenvalue weighted by Crippen LogP contribution is -2.49. The van der Waals surface area contributed by atoms with Gasteiger partial charge in [-0.1, -0.05) is 25.6 Å². The number of ketones is 1. The van der Waals surface area contributed by atoms with Gasteiger partial charge in [0.25, 0.3) is 0 Å². The number of rotatable bonds is 11. The monoisotopic (exact) mass is 468 g/mol. The SMILES string of the molecule is C[C@@H](O)CC(=O)CC(=O)SCCNC(=O)CCNC(=O)[C@@H]1OP(=O)(O)OCC1(C)C. The van der Waals surface area contributed by atoms with Crippen LogP contribution in [0, 0.1) is 5.41 Å². The summed E-state index contributed by atoms with van der Waals surface area (Å²) in [6, 6.07) is 0. The molecule has 0 aromatic heterocycles. The maximum atomic E-state index is 12.2. The van der Waals surface area contributed by atoms with Crippen LogP contribution in [0.25, 0.3) is 0 Å². The molecule has 0 aromatic carbocycles. The Morgan fingerprint density at radius 3 is 2.53 bits per heavy atom. The molecule has 3 atom stereocenters. The van der Waals surface area contributed by atoms with E-state index in [0.29, 0.717) is 0 Å². The Bertz CT molecular complexity index is 699. The molecule has 1 saturated heterocycles. The molecule has 1 rings (SSSR count). The van der Waals surface area contributed by atoms with E-state index in [-0.39, 0.29) is 61.5 Å². The molecular weight excluding hydrogens is 439 g/mol. The summed E-state index contributed by atoms with van der Waals surface area (Å²) in [5.74, 6) is -1.02. The number of aliphatic hydroxyl groups is 1. The number of phosphoric ester groups is 1. The minimum atomic E-state index is -4.27. The van der Waals surface area contributed by atoms with Crippen molar-refractivity contribution in [1.29, 1.82) is 0 Å². The third-order valence-electron chi connectivity index (χ3n) is 3.99. The molecule has 0 radical (unpaired) electrons. The highest BCUT2D eigenvalue weighted by Crippen LogP contribution is 2.52. The number of phosphoric acid groups is 1. The number of thioether (sulfide) groups is 1. The Morgan fingerprint density at radius 2 is 1.90 bits per heavy atom. The quantitative estimate of drug-likeness (QED) is 0.186. The van der Waals surface area contributed by atoms with E-state index in [1.165, 1.54) is 6.92 Å². The smallest absolute Gasteiger partial charge is 0.393 e. The van der Waals surface area contributed by atoms with Crippen molar-refractivity contribution >= 4 is 42.3 Å². The third kappa shape index (κ3) is 10.1. The first kappa shape index (κ1) is 26.7. The van der Waals surface area contributed by atoms with E-state index in [0.717, 1.165) is 11.8 Å². The van der Waals surface area contributed by atoms with Gasteiger partial charge in [-0.2, -0.15) is 0 Å². The van der Waals surface area contributed by atoms with E-state index in [1.54, 1.807) is 13.8 Å². The Balaban J connectivity index is 2.23. The average molecular weight is 468 g/mol. The van der Waals surface area contributed by atoms with Crippen molar-refractivity contribution in [3.63, 3.8) is 0 Å². The number of nitrogens with one attached hydrogen (secondary N) is 2. The minimum absolute atomic E-state index is 0.00286. The van der Waals surface area contributed by atoms with Crippen molar-refractivity contribution < 1.29 is 42.8 Å². The van der Waals surface area contributed by atoms with E-state index >= 15 is 0 Å². The summed E-state index contributed by atoms with van der Waals surface area (Å²) < 4.78 is 21.1. The van der Waals surface area contributed by atoms with E-state index in [9.17, 15) is 28.6 Å². The summed E-state index contributed by atoms with van der Waals surface area (Å²) in [4.78, 5) is 56.5. The van der Waals surface area contributed by atoms with Crippen LogP contribution in [0.3, 0.4) is 0 Å². The first-order valence-corrected chi connectivity index (χ1v) is 11.9. The summed E-state index contributed by atoms with van der Waals surface area (Å²) in [7, 11) is -4.27. The molecule has 1 unspecified atom stereocenters. The topological polar surface area (TPSA) is 168 Å². The second-order valence-electron chi connectivity index (χ2n) is 7.60. The van der Waals surface area contributed by atoms with Crippen LogP contribution < -0.4 is 10.6 Å². The highest BCUT2D eigenvalue weighted by molar-refractivity contribution is 8.13. The second-order valence-corrected chi connectivity index (χ2v) is 10.2. The predicted molar refractivity (Wildman–Crippen MR) is 108 cm³/mol. The van der Waals surface area contributed by atoms with E-state index in [1.807, 2.05) is 0 Å². The normalized spacial score (nSPS) is 24.0. The van der Waals surface area contributed by atoms with Crippen LogP contribution in [0.5, 0.6) is 0 Å². The van der Waals surface area contributed by atoms with E-state index in [2.05, 4.69) is 10.6 Å². The summed E-state index contributed by atoms with van der Waals surface area (Å²) >= 11 is 0.916. The van der Waals surface area contributed by atoms with Crippen LogP contribution in [0.4, 0.5) is 0 Å². The van der Waals surface area contributed by atoms with Gasteiger partial charge >= 0.3 is 7.82 Å². The molecule has 0 saturated carbocycles. The number of amides is 2. The largest absolute Gasteiger partial charge is 0.472 e. The molecule has 172 valence electrons. The van der Waals surface area contributed by atoms with Gasteiger partial charge in [0.05, 0.1) is 19.1 Å². The molecule has 0 aromatic rings. The highest BCUT2D eigenvalue weighted by atomic mass is 32.2. The zero-order chi connectivity index (χ0) is 22.9. The highest BCUT2D eigenvalue weighted by Gasteiger charge is 2.47. The molecule has 11 nitrogen and oxygen atoms in total. The van der Waals surface area contributed by atoms with Crippen LogP contribution in [0.2, 0.25) is 0 Å². The lowest BCUT2D eigenvalue weighted by Gasteiger charge is -2.38. The minimum Gasteiger partial charge on any atom is -0.393 e. The van der Waals surface area contributed by atoms with Crippen molar-refractivity contribution in [3.05, 3.63) is 0 Å². The van der Waals surface area contributed by atoms with Crippen molar-refractivity contribution in [3.8, 4) is 0 Å². The number of carbonyl (C=O) groups is 4. The number of aliphatic hydroxyl groups excluding tert-OH is 1. The molecule has 30 heavy (non-hydrogen) atoms. The molecule has 1 aliphatic heterocycles. The van der Waals surface area contributed by atoms with Gasteiger partial charge in [0, 0.05) is 37.1 Å². The van der Waals surface area contributed by atoms with Gasteiger partial charge in [0.2, 0.25) is 11.8 Å². The lowest BCUT2D eigenvalue weighted by molar-refractivity contribution is -0.141. The molecule has 1 heterocycles. The molecular formula is C17H29N2O9PS. The maximum absolute atomic E-state index is 12.2.